The molecular weight excluding hydrogens is 440 g/mol. The summed E-state index contributed by atoms with van der Waals surface area (Å²) < 4.78 is 11.9. The van der Waals surface area contributed by atoms with Crippen molar-refractivity contribution >= 4 is 22.7 Å². The van der Waals surface area contributed by atoms with Crippen molar-refractivity contribution in [1.29, 1.82) is 0 Å². The molecule has 0 bridgehead atoms. The fourth-order valence-electron chi connectivity index (χ4n) is 4.58. The van der Waals surface area contributed by atoms with Crippen LogP contribution in [0.2, 0.25) is 0 Å². The van der Waals surface area contributed by atoms with Crippen molar-refractivity contribution in [2.45, 2.75) is 46.1 Å². The molecule has 1 amide bonds. The molecule has 0 spiro atoms. The Morgan fingerprint density at radius 2 is 1.74 bits per heavy atom. The first kappa shape index (κ1) is 22.8. The first-order valence-electron chi connectivity index (χ1n) is 12.0. The average Bonchev–Trinajstić information content (AvgIpc) is 3.15. The number of carbonyl (C=O) groups excluding carboxylic acids is 1. The zero-order valence-electron chi connectivity index (χ0n) is 20.2. The van der Waals surface area contributed by atoms with E-state index in [9.17, 15) is 9.59 Å². The van der Waals surface area contributed by atoms with Gasteiger partial charge in [-0.2, -0.15) is 0 Å². The number of ether oxygens (including phenoxy) is 1. The second-order valence-electron chi connectivity index (χ2n) is 9.07. The SMILES string of the molecule is CCCCCOc1ccc([C@H]2c3c(oc4ccc(C)cc4c3=O)C(=O)N2c2cc(C)ccn2)cc1. The van der Waals surface area contributed by atoms with Gasteiger partial charge in [-0.05, 0) is 67.8 Å². The fourth-order valence-corrected chi connectivity index (χ4v) is 4.58. The van der Waals surface area contributed by atoms with Crippen LogP contribution in [-0.4, -0.2) is 17.5 Å². The van der Waals surface area contributed by atoms with Gasteiger partial charge in [-0.1, -0.05) is 43.5 Å². The first-order valence-corrected chi connectivity index (χ1v) is 12.0. The number of pyridine rings is 1. The number of carbonyl (C=O) groups is 1. The molecule has 6 heteroatoms. The fraction of sp³-hybridized carbons (Fsp3) is 0.276. The lowest BCUT2D eigenvalue weighted by molar-refractivity contribution is 0.0970. The van der Waals surface area contributed by atoms with Crippen LogP contribution in [0.3, 0.4) is 0 Å². The molecular formula is C29H28N2O4. The molecule has 2 aromatic heterocycles. The van der Waals surface area contributed by atoms with Crippen LogP contribution in [0.25, 0.3) is 11.0 Å². The quantitative estimate of drug-likeness (QED) is 0.305. The molecule has 1 aliphatic heterocycles. The predicted molar refractivity (Wildman–Crippen MR) is 136 cm³/mol. The Labute approximate surface area is 204 Å². The van der Waals surface area contributed by atoms with Crippen LogP contribution in [0.1, 0.15) is 65.0 Å². The molecule has 0 saturated carbocycles. The monoisotopic (exact) mass is 468 g/mol. The van der Waals surface area contributed by atoms with Crippen molar-refractivity contribution in [3.05, 3.63) is 99.0 Å². The smallest absolute Gasteiger partial charge is 0.296 e. The topological polar surface area (TPSA) is 72.6 Å². The van der Waals surface area contributed by atoms with E-state index in [1.165, 1.54) is 0 Å². The Bertz CT molecular complexity index is 1460. The largest absolute Gasteiger partial charge is 0.494 e. The lowest BCUT2D eigenvalue weighted by Crippen LogP contribution is -2.30. The molecule has 0 N–H and O–H groups in total. The van der Waals surface area contributed by atoms with Gasteiger partial charge in [-0.15, -0.1) is 0 Å². The van der Waals surface area contributed by atoms with Crippen LogP contribution in [0.4, 0.5) is 5.82 Å². The van der Waals surface area contributed by atoms with E-state index in [1.807, 2.05) is 62.4 Å². The van der Waals surface area contributed by atoms with Crippen molar-refractivity contribution in [3.63, 3.8) is 0 Å². The number of fused-ring (bicyclic) bond motifs is 2. The van der Waals surface area contributed by atoms with Crippen LogP contribution >= 0.6 is 0 Å². The summed E-state index contributed by atoms with van der Waals surface area (Å²) >= 11 is 0. The number of benzene rings is 2. The molecule has 0 aliphatic carbocycles. The molecule has 0 fully saturated rings. The normalized spacial score (nSPS) is 15.0. The zero-order valence-corrected chi connectivity index (χ0v) is 20.2. The van der Waals surface area contributed by atoms with Crippen molar-refractivity contribution in [2.24, 2.45) is 0 Å². The molecule has 3 heterocycles. The van der Waals surface area contributed by atoms with Gasteiger partial charge in [-0.25, -0.2) is 4.98 Å². The maximum absolute atomic E-state index is 13.7. The molecule has 1 atom stereocenters. The highest BCUT2D eigenvalue weighted by atomic mass is 16.5. The molecule has 4 aromatic rings. The third-order valence-electron chi connectivity index (χ3n) is 6.39. The minimum absolute atomic E-state index is 0.0690. The second-order valence-corrected chi connectivity index (χ2v) is 9.07. The Kier molecular flexibility index (Phi) is 6.12. The summed E-state index contributed by atoms with van der Waals surface area (Å²) in [5.74, 6) is 0.934. The van der Waals surface area contributed by atoms with Crippen molar-refractivity contribution in [3.8, 4) is 5.75 Å². The minimum Gasteiger partial charge on any atom is -0.494 e. The predicted octanol–water partition coefficient (Wildman–Crippen LogP) is 6.12. The van der Waals surface area contributed by atoms with E-state index < -0.39 is 6.04 Å². The summed E-state index contributed by atoms with van der Waals surface area (Å²) in [5, 5.41) is 0.469. The van der Waals surface area contributed by atoms with Gasteiger partial charge in [0, 0.05) is 6.20 Å². The molecule has 5 rings (SSSR count). The Hall–Kier alpha value is -3.93. The number of rotatable bonds is 7. The molecule has 0 saturated heterocycles. The van der Waals surface area contributed by atoms with Crippen molar-refractivity contribution in [1.82, 2.24) is 4.98 Å². The third kappa shape index (κ3) is 4.20. The summed E-state index contributed by atoms with van der Waals surface area (Å²) in [6.07, 6.45) is 4.93. The van der Waals surface area contributed by atoms with Gasteiger partial charge in [0.25, 0.3) is 5.91 Å². The standard InChI is InChI=1S/C29H28N2O4/c1-4-5-6-15-34-21-10-8-20(9-11-21)26-25-27(32)22-16-18(2)7-12-23(22)35-28(25)29(33)31(26)24-17-19(3)13-14-30-24/h7-14,16-17,26H,4-6,15H2,1-3H3/t26-/m0/s1. The van der Waals surface area contributed by atoms with Gasteiger partial charge in [0.15, 0.2) is 5.43 Å². The zero-order chi connectivity index (χ0) is 24.5. The number of aromatic nitrogens is 1. The highest BCUT2D eigenvalue weighted by molar-refractivity contribution is 6.10. The summed E-state index contributed by atoms with van der Waals surface area (Å²) in [7, 11) is 0. The lowest BCUT2D eigenvalue weighted by Gasteiger charge is -2.24. The lowest BCUT2D eigenvalue weighted by atomic mass is 9.98. The van der Waals surface area contributed by atoms with Gasteiger partial charge in [0.05, 0.1) is 23.6 Å². The van der Waals surface area contributed by atoms with Gasteiger partial charge in [0.2, 0.25) is 5.76 Å². The van der Waals surface area contributed by atoms with E-state index in [4.69, 9.17) is 9.15 Å². The number of anilines is 1. The average molecular weight is 469 g/mol. The number of aryl methyl sites for hydroxylation is 2. The van der Waals surface area contributed by atoms with E-state index in [2.05, 4.69) is 11.9 Å². The Morgan fingerprint density at radius 3 is 2.49 bits per heavy atom. The van der Waals surface area contributed by atoms with E-state index in [-0.39, 0.29) is 17.1 Å². The van der Waals surface area contributed by atoms with Crippen molar-refractivity contribution in [2.75, 3.05) is 11.5 Å². The first-order chi connectivity index (χ1) is 17.0. The number of nitrogens with zero attached hydrogens (tertiary/aromatic N) is 2. The minimum atomic E-state index is -0.651. The summed E-state index contributed by atoms with van der Waals surface area (Å²) in [4.78, 5) is 33.4. The third-order valence-corrected chi connectivity index (χ3v) is 6.39. The van der Waals surface area contributed by atoms with Gasteiger partial charge in [-0.3, -0.25) is 14.5 Å². The van der Waals surface area contributed by atoms with Crippen LogP contribution in [0.5, 0.6) is 5.75 Å². The summed E-state index contributed by atoms with van der Waals surface area (Å²) in [6, 6.07) is 16.1. The van der Waals surface area contributed by atoms with Gasteiger partial charge >= 0.3 is 0 Å². The number of hydrogen-bond donors (Lipinski definition) is 0. The maximum Gasteiger partial charge on any atom is 0.296 e. The van der Waals surface area contributed by atoms with Crippen LogP contribution in [0, 0.1) is 13.8 Å². The molecule has 6 nitrogen and oxygen atoms in total. The molecule has 2 aromatic carbocycles. The number of amides is 1. The van der Waals surface area contributed by atoms with Crippen LogP contribution in [-0.2, 0) is 0 Å². The highest BCUT2D eigenvalue weighted by Crippen LogP contribution is 2.41. The van der Waals surface area contributed by atoms with E-state index in [0.29, 0.717) is 29.0 Å². The van der Waals surface area contributed by atoms with Crippen LogP contribution in [0.15, 0.2) is 70.0 Å². The molecule has 35 heavy (non-hydrogen) atoms. The summed E-state index contributed by atoms with van der Waals surface area (Å²) in [6.45, 7) is 6.69. The van der Waals surface area contributed by atoms with Crippen LogP contribution < -0.4 is 15.1 Å². The van der Waals surface area contributed by atoms with E-state index in [1.54, 1.807) is 17.2 Å². The highest BCUT2D eigenvalue weighted by Gasteiger charge is 2.44. The Balaban J connectivity index is 1.63. The summed E-state index contributed by atoms with van der Waals surface area (Å²) in [5.41, 5.74) is 3.26. The van der Waals surface area contributed by atoms with Gasteiger partial charge in [0.1, 0.15) is 17.2 Å². The molecule has 1 aliphatic rings. The van der Waals surface area contributed by atoms with Gasteiger partial charge < -0.3 is 9.15 Å². The van der Waals surface area contributed by atoms with E-state index >= 15 is 0 Å². The number of unbranched alkanes of at least 4 members (excludes halogenated alkanes) is 2. The van der Waals surface area contributed by atoms with E-state index in [0.717, 1.165) is 41.7 Å². The Morgan fingerprint density at radius 1 is 0.971 bits per heavy atom. The second kappa shape index (κ2) is 9.37. The maximum atomic E-state index is 13.7. The molecule has 178 valence electrons. The van der Waals surface area contributed by atoms with Crippen molar-refractivity contribution < 1.29 is 13.9 Å². The molecule has 0 unspecified atom stereocenters. The number of hydrogen-bond acceptors (Lipinski definition) is 5. The molecule has 0 radical (unpaired) electrons.